The molecule has 0 fully saturated rings. The zero-order valence-corrected chi connectivity index (χ0v) is 26.8. The maximum absolute atomic E-state index is 12.2. The Kier molecular flexibility index (Phi) is 17.7. The highest BCUT2D eigenvalue weighted by atomic mass is 28.3. The molecule has 10 heteroatoms. The summed E-state index contributed by atoms with van der Waals surface area (Å²) in [5.41, 5.74) is -1.70. The van der Waals surface area contributed by atoms with E-state index in [9.17, 15) is 29.4 Å². The van der Waals surface area contributed by atoms with E-state index in [1.165, 1.54) is 7.11 Å². The van der Waals surface area contributed by atoms with Crippen LogP contribution in [0.5, 0.6) is 0 Å². The lowest BCUT2D eigenvalue weighted by Crippen LogP contribution is -2.49. The lowest BCUT2D eigenvalue weighted by Gasteiger charge is -2.36. The van der Waals surface area contributed by atoms with Crippen molar-refractivity contribution >= 4 is 32.0 Å². The Balaban J connectivity index is 0. The molecule has 0 spiro atoms. The Morgan fingerprint density at radius 3 is 1.45 bits per heavy atom. The third-order valence-corrected chi connectivity index (χ3v) is 8.30. The van der Waals surface area contributed by atoms with Gasteiger partial charge in [0.2, 0.25) is 0 Å². The molecule has 2 atom stereocenters. The normalized spacial score (nSPS) is 13.7. The van der Waals surface area contributed by atoms with Crippen LogP contribution in [0.4, 0.5) is 0 Å². The second-order valence-corrected chi connectivity index (χ2v) is 18.3. The molecule has 0 bridgehead atoms. The minimum absolute atomic E-state index is 0.0804. The van der Waals surface area contributed by atoms with Crippen LogP contribution in [0.1, 0.15) is 74.7 Å². The van der Waals surface area contributed by atoms with E-state index in [0.29, 0.717) is 25.0 Å². The molecule has 0 radical (unpaired) electrons. The number of hydrogen-bond acceptors (Lipinski definition) is 7. The summed E-state index contributed by atoms with van der Waals surface area (Å²) in [5, 5.41) is 18.7. The number of carboxylic acid groups (broad SMARTS) is 2. The zero-order valence-electron chi connectivity index (χ0n) is 25.8. The van der Waals surface area contributed by atoms with Crippen LogP contribution in [0, 0.1) is 29.1 Å². The summed E-state index contributed by atoms with van der Waals surface area (Å²) in [4.78, 5) is 46.9. The van der Waals surface area contributed by atoms with Crippen LogP contribution in [0.2, 0.25) is 25.2 Å². The summed E-state index contributed by atoms with van der Waals surface area (Å²) in [6.45, 7) is 22.5. The Morgan fingerprint density at radius 2 is 1.16 bits per heavy atom. The van der Waals surface area contributed by atoms with Crippen LogP contribution in [-0.2, 0) is 33.4 Å². The fraction of sp³-hybridized carbons (Fsp3) is 0.857. The van der Waals surface area contributed by atoms with Gasteiger partial charge in [-0.2, -0.15) is 0 Å². The van der Waals surface area contributed by atoms with E-state index in [2.05, 4.69) is 19.6 Å². The number of ether oxygens (including phenoxy) is 3. The number of methoxy groups -OCH3 is 1. The number of aliphatic carboxylic acids is 2. The highest BCUT2D eigenvalue weighted by Crippen LogP contribution is 2.39. The topological polar surface area (TPSA) is 136 Å². The summed E-state index contributed by atoms with van der Waals surface area (Å²) >= 11 is 0. The molecule has 0 aromatic rings. The molecular formula is C28H54O9Si. The van der Waals surface area contributed by atoms with Gasteiger partial charge in [-0.25, -0.2) is 4.79 Å². The fourth-order valence-corrected chi connectivity index (χ4v) is 5.75. The van der Waals surface area contributed by atoms with E-state index in [-0.39, 0.29) is 48.6 Å². The number of carboxylic acids is 2. The van der Waals surface area contributed by atoms with Gasteiger partial charge >= 0.3 is 23.9 Å². The van der Waals surface area contributed by atoms with Crippen molar-refractivity contribution in [1.29, 1.82) is 0 Å². The molecule has 2 N–H and O–H groups in total. The van der Waals surface area contributed by atoms with Gasteiger partial charge in [0.1, 0.15) is 5.41 Å². The summed E-state index contributed by atoms with van der Waals surface area (Å²) in [5.74, 6) is -2.10. The largest absolute Gasteiger partial charge is 0.481 e. The predicted octanol–water partition coefficient (Wildman–Crippen LogP) is 5.73. The van der Waals surface area contributed by atoms with Gasteiger partial charge in [0.05, 0.1) is 33.2 Å². The Bertz CT molecular complexity index is 729. The Labute approximate surface area is 231 Å². The van der Waals surface area contributed by atoms with Crippen LogP contribution < -0.4 is 0 Å². The predicted molar refractivity (Wildman–Crippen MR) is 151 cm³/mol. The third-order valence-electron chi connectivity index (χ3n) is 5.77. The molecule has 38 heavy (non-hydrogen) atoms. The first-order valence-electron chi connectivity index (χ1n) is 13.5. The molecule has 0 rings (SSSR count). The van der Waals surface area contributed by atoms with Crippen molar-refractivity contribution in [1.82, 2.24) is 0 Å². The summed E-state index contributed by atoms with van der Waals surface area (Å²) in [6, 6.07) is 0. The first kappa shape index (κ1) is 38.2. The van der Waals surface area contributed by atoms with Crippen LogP contribution in [0.3, 0.4) is 0 Å². The lowest BCUT2D eigenvalue weighted by atomic mass is 9.70. The van der Waals surface area contributed by atoms with Crippen molar-refractivity contribution in [3.8, 4) is 0 Å². The highest BCUT2D eigenvalue weighted by molar-refractivity contribution is 6.80. The number of carbonyl (C=O) groups excluding carboxylic acids is 2. The van der Waals surface area contributed by atoms with Crippen molar-refractivity contribution in [3.63, 3.8) is 0 Å². The molecule has 0 heterocycles. The average Bonchev–Trinajstić information content (AvgIpc) is 2.73. The van der Waals surface area contributed by atoms with E-state index < -0.39 is 31.5 Å². The van der Waals surface area contributed by atoms with E-state index in [0.717, 1.165) is 0 Å². The van der Waals surface area contributed by atoms with Crippen molar-refractivity contribution in [2.24, 2.45) is 29.1 Å². The molecule has 0 aromatic heterocycles. The van der Waals surface area contributed by atoms with E-state index in [1.54, 1.807) is 0 Å². The molecule has 2 unspecified atom stereocenters. The molecule has 0 aliphatic rings. The number of esters is 2. The molecule has 0 saturated carbocycles. The molecule has 0 amide bonds. The molecule has 224 valence electrons. The van der Waals surface area contributed by atoms with Crippen LogP contribution in [0.25, 0.3) is 0 Å². The van der Waals surface area contributed by atoms with Crippen LogP contribution in [-0.4, -0.2) is 68.6 Å². The van der Waals surface area contributed by atoms with Gasteiger partial charge in [-0.15, -0.1) is 0 Å². The van der Waals surface area contributed by atoms with Crippen molar-refractivity contribution in [2.45, 2.75) is 106 Å². The third kappa shape index (κ3) is 14.9. The smallest absolute Gasteiger partial charge is 0.334 e. The maximum atomic E-state index is 12.2. The van der Waals surface area contributed by atoms with Gasteiger partial charge in [0.15, 0.2) is 6.10 Å². The molecule has 0 aromatic carbocycles. The van der Waals surface area contributed by atoms with Gasteiger partial charge < -0.3 is 24.4 Å². The second-order valence-electron chi connectivity index (χ2n) is 12.8. The molecular weight excluding hydrogens is 508 g/mol. The fourth-order valence-electron chi connectivity index (χ4n) is 4.18. The Morgan fingerprint density at radius 1 is 0.737 bits per heavy atom. The van der Waals surface area contributed by atoms with Gasteiger partial charge in [-0.1, -0.05) is 75.0 Å². The van der Waals surface area contributed by atoms with E-state index >= 15 is 0 Å². The number of hydrogen-bond donors (Lipinski definition) is 2. The minimum Gasteiger partial charge on any atom is -0.481 e. The monoisotopic (exact) mass is 562 g/mol. The van der Waals surface area contributed by atoms with Crippen molar-refractivity contribution in [2.75, 3.05) is 20.3 Å². The van der Waals surface area contributed by atoms with Crippen LogP contribution >= 0.6 is 0 Å². The van der Waals surface area contributed by atoms with Crippen molar-refractivity contribution < 1.29 is 43.6 Å². The van der Waals surface area contributed by atoms with Crippen LogP contribution in [0.15, 0.2) is 0 Å². The molecule has 0 aliphatic carbocycles. The quantitative estimate of drug-likeness (QED) is 0.178. The first-order chi connectivity index (χ1) is 17.2. The van der Waals surface area contributed by atoms with Gasteiger partial charge in [-0.05, 0) is 36.5 Å². The molecule has 0 aliphatic heterocycles. The maximum Gasteiger partial charge on any atom is 0.334 e. The number of rotatable bonds is 16. The van der Waals surface area contributed by atoms with E-state index in [1.807, 2.05) is 55.4 Å². The SMILES string of the molecule is CC(C)COC(=O)CC(C(=O)OCC(C)C)[Si](C)(C)C.COC(C(=O)O)C(CC(C)C)(CC(C)C)C(=O)O. The summed E-state index contributed by atoms with van der Waals surface area (Å²) in [6.07, 6.45) is -0.615. The van der Waals surface area contributed by atoms with Crippen molar-refractivity contribution in [3.05, 3.63) is 0 Å². The molecule has 9 nitrogen and oxygen atoms in total. The van der Waals surface area contributed by atoms with Gasteiger partial charge in [0.25, 0.3) is 0 Å². The Hall–Kier alpha value is -1.94. The highest BCUT2D eigenvalue weighted by Gasteiger charge is 2.50. The standard InChI is InChI=1S/C15H30O4Si.C13H24O5/c1-11(2)9-18-14(16)8-13(20(5,6)7)15(17)19-10-12(3)4;1-8(2)6-13(12(16)17,7-9(3)4)10(18-5)11(14)15/h11-13H,8-10H2,1-7H3;8-10H,6-7H2,1-5H3,(H,14,15)(H,16,17). The minimum atomic E-state index is -1.82. The second kappa shape index (κ2) is 17.6. The summed E-state index contributed by atoms with van der Waals surface area (Å²) < 4.78 is 15.4. The van der Waals surface area contributed by atoms with Gasteiger partial charge in [-0.3, -0.25) is 14.4 Å². The summed E-state index contributed by atoms with van der Waals surface area (Å²) in [7, 11) is -0.569. The zero-order chi connectivity index (χ0) is 30.4. The molecule has 0 saturated heterocycles. The lowest BCUT2D eigenvalue weighted by molar-refractivity contribution is -0.176. The number of carbonyl (C=O) groups is 4. The first-order valence-corrected chi connectivity index (χ1v) is 17.1. The average molecular weight is 563 g/mol. The van der Waals surface area contributed by atoms with Gasteiger partial charge in [0, 0.05) is 7.11 Å². The van der Waals surface area contributed by atoms with E-state index in [4.69, 9.17) is 14.2 Å².